The second-order valence-electron chi connectivity index (χ2n) is 14.1. The molecule has 9 aromatic carbocycles. The first-order valence-corrected chi connectivity index (χ1v) is 19.6. The van der Waals surface area contributed by atoms with Crippen molar-refractivity contribution in [1.29, 1.82) is 0 Å². The smallest absolute Gasteiger partial charge is 0.0782 e. The lowest BCUT2D eigenvalue weighted by atomic mass is 9.96. The van der Waals surface area contributed by atoms with Crippen LogP contribution in [-0.4, -0.2) is 4.57 Å². The summed E-state index contributed by atoms with van der Waals surface area (Å²) in [5.74, 6) is 0. The van der Waals surface area contributed by atoms with Gasteiger partial charge in [0.1, 0.15) is 0 Å². The highest BCUT2D eigenvalue weighted by Crippen LogP contribution is 2.47. The van der Waals surface area contributed by atoms with Gasteiger partial charge in [0.25, 0.3) is 0 Å². The molecule has 2 aromatic heterocycles. The summed E-state index contributed by atoms with van der Waals surface area (Å²) in [4.78, 5) is 2.45. The summed E-state index contributed by atoms with van der Waals surface area (Å²) in [7, 11) is 0. The average Bonchev–Trinajstić information content (AvgIpc) is 3.79. The maximum Gasteiger partial charge on any atom is 0.0782 e. The lowest BCUT2D eigenvalue weighted by Gasteiger charge is -2.29. The quantitative estimate of drug-likeness (QED) is 0.166. The molecule has 0 amide bonds. The number of para-hydroxylation sites is 4. The molecule has 258 valence electrons. The van der Waals surface area contributed by atoms with Crippen molar-refractivity contribution in [2.75, 3.05) is 4.90 Å². The molecular formula is C52H34N2S. The van der Waals surface area contributed by atoms with Gasteiger partial charge in [-0.25, -0.2) is 0 Å². The first-order chi connectivity index (χ1) is 27.3. The van der Waals surface area contributed by atoms with Crippen LogP contribution < -0.4 is 4.90 Å². The second kappa shape index (κ2) is 12.9. The molecule has 0 aliphatic rings. The number of anilines is 3. The largest absolute Gasteiger partial charge is 0.308 e. The number of fused-ring (bicyclic) bond motifs is 7. The highest BCUT2D eigenvalue weighted by Gasteiger charge is 2.23. The lowest BCUT2D eigenvalue weighted by Crippen LogP contribution is -2.12. The highest BCUT2D eigenvalue weighted by atomic mass is 32.1. The van der Waals surface area contributed by atoms with Gasteiger partial charge >= 0.3 is 0 Å². The zero-order chi connectivity index (χ0) is 36.3. The van der Waals surface area contributed by atoms with Gasteiger partial charge in [-0.2, -0.15) is 0 Å². The van der Waals surface area contributed by atoms with Gasteiger partial charge in [-0.3, -0.25) is 0 Å². The lowest BCUT2D eigenvalue weighted by molar-refractivity contribution is 1.17. The van der Waals surface area contributed by atoms with E-state index in [4.69, 9.17) is 0 Å². The zero-order valence-electron chi connectivity index (χ0n) is 29.9. The zero-order valence-corrected chi connectivity index (χ0v) is 30.7. The predicted octanol–water partition coefficient (Wildman–Crippen LogP) is 15.1. The highest BCUT2D eigenvalue weighted by molar-refractivity contribution is 7.25. The van der Waals surface area contributed by atoms with Crippen molar-refractivity contribution >= 4 is 81.1 Å². The van der Waals surface area contributed by atoms with Gasteiger partial charge in [0, 0.05) is 47.9 Å². The molecule has 0 aliphatic heterocycles. The van der Waals surface area contributed by atoms with Gasteiger partial charge in [0.15, 0.2) is 0 Å². The Morgan fingerprint density at radius 3 is 1.87 bits per heavy atom. The standard InChI is InChI=1S/C52H34N2S/c1-3-15-35(16-4-1)41-20-7-10-25-47(41)53(49-27-14-24-44-42-21-8-11-26-48(42)54(52(44)49)38-18-5-2-6-19-38)39-31-29-36(30-32-39)40-23-13-17-37-33-46-43-22-9-12-28-50(43)55-51(46)34-45(37)40/h1-34H. The van der Waals surface area contributed by atoms with E-state index in [1.807, 2.05) is 11.3 Å². The SMILES string of the molecule is c1ccc(-c2ccccc2N(c2ccc(-c3cccc4cc5c(cc34)sc3ccccc35)cc2)c2cccc3c4ccccc4n(-c4ccccc4)c23)cc1. The van der Waals surface area contributed by atoms with Crippen molar-refractivity contribution in [3.63, 3.8) is 0 Å². The van der Waals surface area contributed by atoms with Gasteiger partial charge in [0.2, 0.25) is 0 Å². The second-order valence-corrected chi connectivity index (χ2v) is 15.2. The summed E-state index contributed by atoms with van der Waals surface area (Å²) in [6.45, 7) is 0. The minimum absolute atomic E-state index is 1.09. The van der Waals surface area contributed by atoms with E-state index < -0.39 is 0 Å². The molecule has 2 nitrogen and oxygen atoms in total. The fourth-order valence-corrected chi connectivity index (χ4v) is 9.63. The molecule has 0 fully saturated rings. The molecule has 11 rings (SSSR count). The van der Waals surface area contributed by atoms with E-state index in [9.17, 15) is 0 Å². The van der Waals surface area contributed by atoms with Crippen LogP contribution in [0.2, 0.25) is 0 Å². The number of benzene rings is 9. The van der Waals surface area contributed by atoms with Crippen LogP contribution in [0.25, 0.3) is 80.7 Å². The number of thiophene rings is 1. The Bertz CT molecular complexity index is 3190. The van der Waals surface area contributed by atoms with Gasteiger partial charge < -0.3 is 9.47 Å². The Kier molecular flexibility index (Phi) is 7.39. The maximum absolute atomic E-state index is 2.45. The van der Waals surface area contributed by atoms with Gasteiger partial charge in [-0.1, -0.05) is 146 Å². The van der Waals surface area contributed by atoms with E-state index in [0.29, 0.717) is 0 Å². The molecule has 0 saturated carbocycles. The fourth-order valence-electron chi connectivity index (χ4n) is 8.50. The van der Waals surface area contributed by atoms with E-state index in [0.717, 1.165) is 22.7 Å². The van der Waals surface area contributed by atoms with Crippen molar-refractivity contribution < 1.29 is 0 Å². The van der Waals surface area contributed by atoms with Crippen molar-refractivity contribution in [3.05, 3.63) is 206 Å². The van der Waals surface area contributed by atoms with E-state index in [-0.39, 0.29) is 0 Å². The van der Waals surface area contributed by atoms with Crippen LogP contribution in [0.5, 0.6) is 0 Å². The Morgan fingerprint density at radius 2 is 1.02 bits per heavy atom. The third-order valence-corrected chi connectivity index (χ3v) is 12.1. The van der Waals surface area contributed by atoms with Crippen molar-refractivity contribution in [3.8, 4) is 27.9 Å². The average molecular weight is 719 g/mol. The van der Waals surface area contributed by atoms with Crippen LogP contribution in [0.15, 0.2) is 206 Å². The first kappa shape index (κ1) is 31.6. The molecule has 0 radical (unpaired) electrons. The molecule has 0 unspecified atom stereocenters. The summed E-state index contributed by atoms with van der Waals surface area (Å²) in [5, 5.41) is 7.65. The molecule has 3 heteroatoms. The number of nitrogens with zero attached hydrogens (tertiary/aromatic N) is 2. The molecule has 11 aromatic rings. The van der Waals surface area contributed by atoms with Crippen molar-refractivity contribution in [1.82, 2.24) is 4.57 Å². The predicted molar refractivity (Wildman–Crippen MR) is 237 cm³/mol. The number of hydrogen-bond acceptors (Lipinski definition) is 2. The molecule has 0 atom stereocenters. The van der Waals surface area contributed by atoms with Gasteiger partial charge in [-0.05, 0) is 88.1 Å². The summed E-state index contributed by atoms with van der Waals surface area (Å²) in [6.07, 6.45) is 0. The van der Waals surface area contributed by atoms with Crippen LogP contribution in [0, 0.1) is 0 Å². The topological polar surface area (TPSA) is 8.17 Å². The van der Waals surface area contributed by atoms with Crippen LogP contribution in [0.3, 0.4) is 0 Å². The third-order valence-electron chi connectivity index (χ3n) is 11.0. The molecule has 0 spiro atoms. The molecule has 55 heavy (non-hydrogen) atoms. The van der Waals surface area contributed by atoms with Crippen LogP contribution >= 0.6 is 11.3 Å². The Balaban J connectivity index is 1.14. The van der Waals surface area contributed by atoms with Crippen LogP contribution in [-0.2, 0) is 0 Å². The van der Waals surface area contributed by atoms with E-state index in [1.54, 1.807) is 0 Å². The monoisotopic (exact) mass is 718 g/mol. The van der Waals surface area contributed by atoms with Gasteiger partial charge in [-0.15, -0.1) is 11.3 Å². The summed E-state index contributed by atoms with van der Waals surface area (Å²) in [6, 6.07) is 75.2. The molecule has 0 bridgehead atoms. The Morgan fingerprint density at radius 1 is 0.382 bits per heavy atom. The Hall–Kier alpha value is -6.94. The first-order valence-electron chi connectivity index (χ1n) is 18.8. The normalized spacial score (nSPS) is 11.6. The molecule has 0 aliphatic carbocycles. The Labute approximate surface area is 323 Å². The summed E-state index contributed by atoms with van der Waals surface area (Å²) < 4.78 is 5.08. The van der Waals surface area contributed by atoms with Crippen molar-refractivity contribution in [2.24, 2.45) is 0 Å². The molecule has 0 saturated heterocycles. The molecule has 0 N–H and O–H groups in total. The number of hydrogen-bond donors (Lipinski definition) is 0. The third kappa shape index (κ3) is 5.16. The van der Waals surface area contributed by atoms with E-state index >= 15 is 0 Å². The van der Waals surface area contributed by atoms with Gasteiger partial charge in [0.05, 0.1) is 22.4 Å². The fraction of sp³-hybridized carbons (Fsp3) is 0. The molecule has 2 heterocycles. The van der Waals surface area contributed by atoms with Crippen molar-refractivity contribution in [2.45, 2.75) is 0 Å². The number of rotatable bonds is 6. The minimum Gasteiger partial charge on any atom is -0.308 e. The summed E-state index contributed by atoms with van der Waals surface area (Å²) >= 11 is 1.87. The van der Waals surface area contributed by atoms with E-state index in [1.165, 1.54) is 75.0 Å². The summed E-state index contributed by atoms with van der Waals surface area (Å²) in [5.41, 5.74) is 11.6. The minimum atomic E-state index is 1.09. The van der Waals surface area contributed by atoms with E-state index in [2.05, 4.69) is 216 Å². The number of aromatic nitrogens is 1. The van der Waals surface area contributed by atoms with Crippen LogP contribution in [0.1, 0.15) is 0 Å². The van der Waals surface area contributed by atoms with Crippen LogP contribution in [0.4, 0.5) is 17.1 Å². The molecular weight excluding hydrogens is 685 g/mol. The maximum atomic E-state index is 2.45.